The first kappa shape index (κ1) is 24.4. The molecule has 162 valence electrons. The SMILES string of the molecule is CCC(C)C(N)C(=O)NCC(=O)NC(Cc1cnc[nH]1)C(=O)NC(CS)C(=O)O. The fraction of sp³-hybridized carbons (Fsp3) is 0.588. The van der Waals surface area contributed by atoms with Gasteiger partial charge in [-0.05, 0) is 5.92 Å². The zero-order valence-corrected chi connectivity index (χ0v) is 17.2. The highest BCUT2D eigenvalue weighted by molar-refractivity contribution is 7.80. The van der Waals surface area contributed by atoms with Crippen LogP contribution in [0.4, 0.5) is 0 Å². The van der Waals surface area contributed by atoms with E-state index in [1.165, 1.54) is 12.5 Å². The number of H-pyrrole nitrogens is 1. The lowest BCUT2D eigenvalue weighted by atomic mass is 9.99. The van der Waals surface area contributed by atoms with Gasteiger partial charge in [-0.25, -0.2) is 9.78 Å². The van der Waals surface area contributed by atoms with Gasteiger partial charge in [0.25, 0.3) is 0 Å². The zero-order chi connectivity index (χ0) is 22.0. The van der Waals surface area contributed by atoms with E-state index in [2.05, 4.69) is 38.5 Å². The van der Waals surface area contributed by atoms with Crippen LogP contribution in [0.25, 0.3) is 0 Å². The Kier molecular flexibility index (Phi) is 10.2. The molecule has 4 unspecified atom stereocenters. The van der Waals surface area contributed by atoms with E-state index in [1.807, 2.05) is 13.8 Å². The molecule has 29 heavy (non-hydrogen) atoms. The van der Waals surface area contributed by atoms with Crippen molar-refractivity contribution in [3.63, 3.8) is 0 Å². The quantitative estimate of drug-likeness (QED) is 0.196. The Labute approximate surface area is 174 Å². The van der Waals surface area contributed by atoms with Gasteiger partial charge in [0, 0.05) is 24.1 Å². The molecule has 0 aliphatic rings. The van der Waals surface area contributed by atoms with Crippen molar-refractivity contribution in [3.8, 4) is 0 Å². The van der Waals surface area contributed by atoms with E-state index in [0.717, 1.165) is 0 Å². The van der Waals surface area contributed by atoms with Crippen LogP contribution in [0.15, 0.2) is 12.5 Å². The monoisotopic (exact) mass is 428 g/mol. The normalized spacial score (nSPS) is 14.9. The predicted octanol–water partition coefficient (Wildman–Crippen LogP) is -1.57. The molecule has 0 saturated heterocycles. The molecular formula is C17H28N6O5S. The molecule has 0 aliphatic heterocycles. The average molecular weight is 429 g/mol. The number of amides is 3. The number of rotatable bonds is 12. The van der Waals surface area contributed by atoms with Gasteiger partial charge in [0.2, 0.25) is 17.7 Å². The van der Waals surface area contributed by atoms with Gasteiger partial charge >= 0.3 is 5.97 Å². The number of carbonyl (C=O) groups excluding carboxylic acids is 3. The van der Waals surface area contributed by atoms with Crippen LogP contribution in [0.3, 0.4) is 0 Å². The Morgan fingerprint density at radius 3 is 2.45 bits per heavy atom. The van der Waals surface area contributed by atoms with Crippen LogP contribution < -0.4 is 21.7 Å². The molecule has 4 atom stereocenters. The Bertz CT molecular complexity index is 698. The van der Waals surface area contributed by atoms with Gasteiger partial charge < -0.3 is 31.8 Å². The molecular weight excluding hydrogens is 400 g/mol. The molecule has 0 spiro atoms. The number of hydrogen-bond acceptors (Lipinski definition) is 7. The number of carboxylic acid groups (broad SMARTS) is 1. The summed E-state index contributed by atoms with van der Waals surface area (Å²) < 4.78 is 0. The second-order valence-electron chi connectivity index (χ2n) is 6.61. The van der Waals surface area contributed by atoms with Gasteiger partial charge in [-0.3, -0.25) is 14.4 Å². The van der Waals surface area contributed by atoms with E-state index in [4.69, 9.17) is 10.8 Å². The molecule has 12 heteroatoms. The maximum absolute atomic E-state index is 12.5. The molecule has 1 rings (SSSR count). The van der Waals surface area contributed by atoms with E-state index in [-0.39, 0.29) is 24.6 Å². The number of thiol groups is 1. The number of imidazole rings is 1. The minimum Gasteiger partial charge on any atom is -0.480 e. The van der Waals surface area contributed by atoms with Gasteiger partial charge in [0.15, 0.2) is 0 Å². The number of nitrogens with two attached hydrogens (primary N) is 1. The summed E-state index contributed by atoms with van der Waals surface area (Å²) in [4.78, 5) is 54.5. The standard InChI is InChI=1S/C17H28N6O5S/c1-3-9(2)14(18)16(26)20-6-13(24)22-11(4-10-5-19-8-21-10)15(25)23-12(7-29)17(27)28/h5,8-9,11-12,14,29H,3-4,6-7,18H2,1-2H3,(H,19,21)(H,20,26)(H,22,24)(H,23,25)(H,27,28). The summed E-state index contributed by atoms with van der Waals surface area (Å²) in [5.74, 6) is -3.19. The van der Waals surface area contributed by atoms with Crippen molar-refractivity contribution in [2.24, 2.45) is 11.7 Å². The summed E-state index contributed by atoms with van der Waals surface area (Å²) in [6.45, 7) is 3.36. The molecule has 1 aromatic heterocycles. The van der Waals surface area contributed by atoms with Crippen molar-refractivity contribution in [1.82, 2.24) is 25.9 Å². The Balaban J connectivity index is 2.73. The second kappa shape index (κ2) is 12.1. The third kappa shape index (κ3) is 8.11. The number of carboxylic acids is 1. The van der Waals surface area contributed by atoms with Gasteiger partial charge in [0.05, 0.1) is 18.9 Å². The number of hydrogen-bond donors (Lipinski definition) is 7. The smallest absolute Gasteiger partial charge is 0.327 e. The average Bonchev–Trinajstić information content (AvgIpc) is 3.21. The minimum atomic E-state index is -1.24. The van der Waals surface area contributed by atoms with Crippen molar-refractivity contribution in [2.45, 2.75) is 44.8 Å². The first-order valence-corrected chi connectivity index (χ1v) is 9.76. The van der Waals surface area contributed by atoms with Gasteiger partial charge in [-0.15, -0.1) is 0 Å². The lowest BCUT2D eigenvalue weighted by Gasteiger charge is -2.21. The molecule has 0 saturated carbocycles. The van der Waals surface area contributed by atoms with Gasteiger partial charge in [-0.1, -0.05) is 20.3 Å². The topological polar surface area (TPSA) is 179 Å². The number of aromatic amines is 1. The van der Waals surface area contributed by atoms with Crippen LogP contribution in [0.5, 0.6) is 0 Å². The van der Waals surface area contributed by atoms with Crippen LogP contribution in [0, 0.1) is 5.92 Å². The molecule has 0 bridgehead atoms. The zero-order valence-electron chi connectivity index (χ0n) is 16.3. The van der Waals surface area contributed by atoms with Crippen molar-refractivity contribution in [2.75, 3.05) is 12.3 Å². The molecule has 1 aromatic rings. The van der Waals surface area contributed by atoms with E-state index in [0.29, 0.717) is 12.1 Å². The van der Waals surface area contributed by atoms with E-state index in [9.17, 15) is 19.2 Å². The summed E-state index contributed by atoms with van der Waals surface area (Å²) in [5.41, 5.74) is 6.38. The maximum Gasteiger partial charge on any atom is 0.327 e. The first-order valence-electron chi connectivity index (χ1n) is 9.13. The Morgan fingerprint density at radius 1 is 1.24 bits per heavy atom. The molecule has 3 amide bonds. The van der Waals surface area contributed by atoms with Crippen LogP contribution >= 0.6 is 12.6 Å². The fourth-order valence-corrected chi connectivity index (χ4v) is 2.57. The molecule has 0 radical (unpaired) electrons. The maximum atomic E-state index is 12.5. The van der Waals surface area contributed by atoms with Crippen LogP contribution in [-0.2, 0) is 25.6 Å². The highest BCUT2D eigenvalue weighted by Gasteiger charge is 2.27. The largest absolute Gasteiger partial charge is 0.480 e. The van der Waals surface area contributed by atoms with Gasteiger partial charge in [-0.2, -0.15) is 12.6 Å². The van der Waals surface area contributed by atoms with E-state index in [1.54, 1.807) is 0 Å². The number of aliphatic carboxylic acids is 1. The van der Waals surface area contributed by atoms with E-state index < -0.39 is 41.8 Å². The summed E-state index contributed by atoms with van der Waals surface area (Å²) in [7, 11) is 0. The molecule has 11 nitrogen and oxygen atoms in total. The van der Waals surface area contributed by atoms with E-state index >= 15 is 0 Å². The summed E-state index contributed by atoms with van der Waals surface area (Å²) >= 11 is 3.90. The lowest BCUT2D eigenvalue weighted by Crippen LogP contribution is -2.55. The van der Waals surface area contributed by atoms with Crippen LogP contribution in [0.2, 0.25) is 0 Å². The summed E-state index contributed by atoms with van der Waals surface area (Å²) in [5, 5.41) is 16.3. The lowest BCUT2D eigenvalue weighted by molar-refractivity contribution is -0.141. The first-order chi connectivity index (χ1) is 13.7. The van der Waals surface area contributed by atoms with Crippen molar-refractivity contribution in [3.05, 3.63) is 18.2 Å². The molecule has 0 aliphatic carbocycles. The number of nitrogens with zero attached hydrogens (tertiary/aromatic N) is 1. The summed E-state index contributed by atoms with van der Waals surface area (Å²) in [6.07, 6.45) is 3.66. The number of aromatic nitrogens is 2. The Hall–Kier alpha value is -2.60. The van der Waals surface area contributed by atoms with Crippen LogP contribution in [0.1, 0.15) is 26.0 Å². The van der Waals surface area contributed by atoms with Crippen molar-refractivity contribution < 1.29 is 24.3 Å². The second-order valence-corrected chi connectivity index (χ2v) is 6.98. The molecule has 7 N–H and O–H groups in total. The number of nitrogens with one attached hydrogen (secondary N) is 4. The molecule has 0 aromatic carbocycles. The fourth-order valence-electron chi connectivity index (χ4n) is 2.33. The van der Waals surface area contributed by atoms with Crippen molar-refractivity contribution >= 4 is 36.3 Å². The third-order valence-electron chi connectivity index (χ3n) is 4.41. The highest BCUT2D eigenvalue weighted by atomic mass is 32.1. The van der Waals surface area contributed by atoms with Crippen LogP contribution in [-0.4, -0.2) is 69.2 Å². The third-order valence-corrected chi connectivity index (χ3v) is 4.78. The number of carbonyl (C=O) groups is 4. The van der Waals surface area contributed by atoms with Gasteiger partial charge in [0.1, 0.15) is 12.1 Å². The predicted molar refractivity (Wildman–Crippen MR) is 108 cm³/mol. The molecule has 1 heterocycles. The minimum absolute atomic E-state index is 0.0499. The summed E-state index contributed by atoms with van der Waals surface area (Å²) in [6, 6.07) is -3.03. The highest BCUT2D eigenvalue weighted by Crippen LogP contribution is 2.05. The van der Waals surface area contributed by atoms with Crippen molar-refractivity contribution in [1.29, 1.82) is 0 Å². The Morgan fingerprint density at radius 2 is 1.93 bits per heavy atom. The molecule has 0 fully saturated rings.